The summed E-state index contributed by atoms with van der Waals surface area (Å²) in [7, 11) is 0. The zero-order valence-electron chi connectivity index (χ0n) is 13.2. The number of anilines is 2. The van der Waals surface area contributed by atoms with Crippen LogP contribution in [0.25, 0.3) is 0 Å². The van der Waals surface area contributed by atoms with Crippen molar-refractivity contribution < 1.29 is 14.1 Å². The Morgan fingerprint density at radius 2 is 2.04 bits per heavy atom. The van der Waals surface area contributed by atoms with Crippen molar-refractivity contribution in [2.75, 3.05) is 16.8 Å². The number of hydrogen-bond donors (Lipinski definition) is 1. The van der Waals surface area contributed by atoms with E-state index in [1.165, 1.54) is 11.8 Å². The molecule has 0 aliphatic carbocycles. The molecule has 6 nitrogen and oxygen atoms in total. The van der Waals surface area contributed by atoms with E-state index in [0.29, 0.717) is 17.3 Å². The largest absolute Gasteiger partial charge is 0.360 e. The lowest BCUT2D eigenvalue weighted by atomic mass is 10.2. The molecule has 1 N–H and O–H groups in total. The van der Waals surface area contributed by atoms with Crippen LogP contribution < -0.4 is 10.2 Å². The maximum Gasteiger partial charge on any atom is 0.226 e. The molecular weight excluding hydrogens is 362 g/mol. The van der Waals surface area contributed by atoms with Gasteiger partial charge in [0.05, 0.1) is 0 Å². The molecular formula is C16H18BrN3O3. The maximum atomic E-state index is 12.1. The predicted octanol–water partition coefficient (Wildman–Crippen LogP) is 3.44. The predicted molar refractivity (Wildman–Crippen MR) is 91.4 cm³/mol. The van der Waals surface area contributed by atoms with E-state index >= 15 is 0 Å². The van der Waals surface area contributed by atoms with Crippen molar-refractivity contribution >= 4 is 39.2 Å². The van der Waals surface area contributed by atoms with Gasteiger partial charge in [-0.15, -0.1) is 0 Å². The first-order chi connectivity index (χ1) is 10.9. The quantitative estimate of drug-likeness (QED) is 0.862. The van der Waals surface area contributed by atoms with E-state index in [2.05, 4.69) is 26.4 Å². The molecule has 2 amide bonds. The summed E-state index contributed by atoms with van der Waals surface area (Å²) in [6, 6.07) is 7.26. The molecule has 0 aliphatic heterocycles. The fraction of sp³-hybridized carbons (Fsp3) is 0.312. The van der Waals surface area contributed by atoms with Crippen LogP contribution >= 0.6 is 15.9 Å². The smallest absolute Gasteiger partial charge is 0.226 e. The van der Waals surface area contributed by atoms with Crippen molar-refractivity contribution in [1.29, 1.82) is 0 Å². The Kier molecular flexibility index (Phi) is 5.54. The number of nitrogens with one attached hydrogen (secondary N) is 1. The Morgan fingerprint density at radius 1 is 1.30 bits per heavy atom. The summed E-state index contributed by atoms with van der Waals surface area (Å²) in [5.74, 6) is 0.664. The minimum Gasteiger partial charge on any atom is -0.360 e. The molecule has 0 saturated heterocycles. The Bertz CT molecular complexity index is 727. The van der Waals surface area contributed by atoms with E-state index in [4.69, 9.17) is 4.52 Å². The Hall–Kier alpha value is -2.15. The fourth-order valence-corrected chi connectivity index (χ4v) is 2.40. The van der Waals surface area contributed by atoms with Gasteiger partial charge in [-0.1, -0.05) is 27.2 Å². The van der Waals surface area contributed by atoms with Crippen LogP contribution in [0, 0.1) is 13.8 Å². The van der Waals surface area contributed by atoms with Crippen LogP contribution in [-0.2, 0) is 9.59 Å². The minimum absolute atomic E-state index is 0.164. The van der Waals surface area contributed by atoms with E-state index in [-0.39, 0.29) is 24.8 Å². The SMILES string of the molecule is CC(=O)N(CCC(=O)Nc1ccc(C)c(Br)c1)c1cc(C)on1. The molecule has 0 radical (unpaired) electrons. The first kappa shape index (κ1) is 17.2. The molecule has 0 spiro atoms. The second-order valence-electron chi connectivity index (χ2n) is 5.23. The van der Waals surface area contributed by atoms with Crippen molar-refractivity contribution in [2.45, 2.75) is 27.2 Å². The number of hydrogen-bond acceptors (Lipinski definition) is 4. The number of nitrogens with zero attached hydrogens (tertiary/aromatic N) is 2. The van der Waals surface area contributed by atoms with E-state index < -0.39 is 0 Å². The number of aryl methyl sites for hydroxylation is 2. The molecule has 1 aromatic heterocycles. The first-order valence-electron chi connectivity index (χ1n) is 7.14. The van der Waals surface area contributed by atoms with Crippen molar-refractivity contribution in [2.24, 2.45) is 0 Å². The highest BCUT2D eigenvalue weighted by molar-refractivity contribution is 9.10. The summed E-state index contributed by atoms with van der Waals surface area (Å²) in [6.07, 6.45) is 0.164. The molecule has 2 aromatic rings. The zero-order chi connectivity index (χ0) is 17.0. The summed E-state index contributed by atoms with van der Waals surface area (Å²) >= 11 is 3.43. The molecule has 0 unspecified atom stereocenters. The summed E-state index contributed by atoms with van der Waals surface area (Å²) in [4.78, 5) is 25.2. The number of halogens is 1. The Morgan fingerprint density at radius 3 is 2.61 bits per heavy atom. The topological polar surface area (TPSA) is 75.4 Å². The van der Waals surface area contributed by atoms with Gasteiger partial charge in [0.1, 0.15) is 5.76 Å². The molecule has 1 heterocycles. The molecule has 122 valence electrons. The summed E-state index contributed by atoms with van der Waals surface area (Å²) < 4.78 is 5.90. The van der Waals surface area contributed by atoms with Gasteiger partial charge < -0.3 is 9.84 Å². The van der Waals surface area contributed by atoms with Gasteiger partial charge in [0, 0.05) is 36.1 Å². The molecule has 1 aromatic carbocycles. The molecule has 0 atom stereocenters. The highest BCUT2D eigenvalue weighted by atomic mass is 79.9. The number of amides is 2. The Labute approximate surface area is 143 Å². The second-order valence-corrected chi connectivity index (χ2v) is 6.08. The van der Waals surface area contributed by atoms with Gasteiger partial charge >= 0.3 is 0 Å². The molecule has 0 aliphatic rings. The average molecular weight is 380 g/mol. The van der Waals surface area contributed by atoms with Crippen molar-refractivity contribution in [3.05, 3.63) is 40.1 Å². The van der Waals surface area contributed by atoms with Gasteiger partial charge in [-0.05, 0) is 31.5 Å². The second kappa shape index (κ2) is 7.41. The van der Waals surface area contributed by atoms with Gasteiger partial charge in [0.2, 0.25) is 11.8 Å². The lowest BCUT2D eigenvalue weighted by molar-refractivity contribution is -0.117. The lowest BCUT2D eigenvalue weighted by Gasteiger charge is -2.17. The summed E-state index contributed by atoms with van der Waals surface area (Å²) in [5, 5.41) is 6.62. The third-order valence-corrected chi connectivity index (χ3v) is 4.14. The van der Waals surface area contributed by atoms with Gasteiger partial charge in [-0.3, -0.25) is 14.5 Å². The molecule has 23 heavy (non-hydrogen) atoms. The van der Waals surface area contributed by atoms with Crippen LogP contribution in [0.2, 0.25) is 0 Å². The van der Waals surface area contributed by atoms with Gasteiger partial charge in [0.25, 0.3) is 0 Å². The minimum atomic E-state index is -0.191. The van der Waals surface area contributed by atoms with Crippen LogP contribution in [-0.4, -0.2) is 23.5 Å². The number of benzene rings is 1. The van der Waals surface area contributed by atoms with Crippen LogP contribution in [0.4, 0.5) is 11.5 Å². The Balaban J connectivity index is 1.96. The maximum absolute atomic E-state index is 12.1. The number of aromatic nitrogens is 1. The third kappa shape index (κ3) is 4.66. The molecule has 0 fully saturated rings. The zero-order valence-corrected chi connectivity index (χ0v) is 14.8. The fourth-order valence-electron chi connectivity index (χ4n) is 2.02. The van der Waals surface area contributed by atoms with Gasteiger partial charge in [-0.25, -0.2) is 0 Å². The molecule has 0 saturated carbocycles. The molecule has 0 bridgehead atoms. The van der Waals surface area contributed by atoms with Crippen LogP contribution in [0.1, 0.15) is 24.7 Å². The number of carbonyl (C=O) groups is 2. The van der Waals surface area contributed by atoms with Crippen molar-refractivity contribution in [1.82, 2.24) is 5.16 Å². The average Bonchev–Trinajstić information content (AvgIpc) is 2.89. The monoisotopic (exact) mass is 379 g/mol. The molecule has 7 heteroatoms. The van der Waals surface area contributed by atoms with Gasteiger partial charge in [-0.2, -0.15) is 0 Å². The number of carbonyl (C=O) groups excluding carboxylic acids is 2. The van der Waals surface area contributed by atoms with E-state index in [1.54, 1.807) is 13.0 Å². The summed E-state index contributed by atoms with van der Waals surface area (Å²) in [6.45, 7) is 5.39. The number of rotatable bonds is 5. The first-order valence-corrected chi connectivity index (χ1v) is 7.93. The normalized spacial score (nSPS) is 10.4. The van der Waals surface area contributed by atoms with Crippen LogP contribution in [0.5, 0.6) is 0 Å². The standard InChI is InChI=1S/C16H18BrN3O3/c1-10-4-5-13(9-14(10)17)18-16(22)6-7-20(12(3)21)15-8-11(2)23-19-15/h4-5,8-9H,6-7H2,1-3H3,(H,18,22). The van der Waals surface area contributed by atoms with Crippen molar-refractivity contribution in [3.8, 4) is 0 Å². The lowest BCUT2D eigenvalue weighted by Crippen LogP contribution is -2.32. The highest BCUT2D eigenvalue weighted by Crippen LogP contribution is 2.21. The van der Waals surface area contributed by atoms with Gasteiger partial charge in [0.15, 0.2) is 5.82 Å². The van der Waals surface area contributed by atoms with Crippen LogP contribution in [0.15, 0.2) is 33.3 Å². The van der Waals surface area contributed by atoms with E-state index in [1.807, 2.05) is 25.1 Å². The van der Waals surface area contributed by atoms with E-state index in [0.717, 1.165) is 10.0 Å². The third-order valence-electron chi connectivity index (χ3n) is 3.29. The van der Waals surface area contributed by atoms with Crippen molar-refractivity contribution in [3.63, 3.8) is 0 Å². The summed E-state index contributed by atoms with van der Waals surface area (Å²) in [5.41, 5.74) is 1.80. The highest BCUT2D eigenvalue weighted by Gasteiger charge is 2.17. The van der Waals surface area contributed by atoms with E-state index in [9.17, 15) is 9.59 Å². The molecule has 2 rings (SSSR count). The van der Waals surface area contributed by atoms with Crippen LogP contribution in [0.3, 0.4) is 0 Å².